The highest BCUT2D eigenvalue weighted by molar-refractivity contribution is 7.88. The van der Waals surface area contributed by atoms with Crippen LogP contribution in [0.15, 0.2) is 0 Å². The molecular weight excluding hydrogens is 218 g/mol. The molecule has 0 aliphatic rings. The molecule has 0 bridgehead atoms. The van der Waals surface area contributed by atoms with Gasteiger partial charge in [0.15, 0.2) is 5.78 Å². The average molecular weight is 237 g/mol. The van der Waals surface area contributed by atoms with Gasteiger partial charge in [0.1, 0.15) is 0 Å². The summed E-state index contributed by atoms with van der Waals surface area (Å²) in [4.78, 5) is 11.3. The third kappa shape index (κ3) is 2.56. The van der Waals surface area contributed by atoms with Crippen molar-refractivity contribution >= 4 is 15.9 Å². The molecule has 1 N–H and O–H groups in total. The van der Waals surface area contributed by atoms with E-state index < -0.39 is 20.8 Å². The van der Waals surface area contributed by atoms with Gasteiger partial charge in [-0.3, -0.25) is 14.2 Å². The molecule has 6 heteroatoms. The van der Waals surface area contributed by atoms with Gasteiger partial charge < -0.3 is 0 Å². The van der Waals surface area contributed by atoms with Crippen LogP contribution in [0.5, 0.6) is 0 Å². The number of carbonyl (C=O) groups excluding carboxylic acids is 1. The summed E-state index contributed by atoms with van der Waals surface area (Å²) in [5.74, 6) is -0.458. The fraction of sp³-hybridized carbons (Fsp3) is 0.889. The molecule has 0 saturated carbocycles. The van der Waals surface area contributed by atoms with Crippen LogP contribution in [0, 0.1) is 0 Å². The van der Waals surface area contributed by atoms with Crippen molar-refractivity contribution < 1.29 is 17.8 Å². The zero-order chi connectivity index (χ0) is 12.3. The number of hydrogen-bond acceptors (Lipinski definition) is 4. The fourth-order valence-corrected chi connectivity index (χ4v) is 2.96. The second kappa shape index (κ2) is 5.05. The van der Waals surface area contributed by atoms with E-state index in [2.05, 4.69) is 0 Å². The molecular formula is C9H19NO4S. The van der Waals surface area contributed by atoms with Gasteiger partial charge in [0.05, 0.1) is 0 Å². The van der Waals surface area contributed by atoms with Crippen LogP contribution in [0.3, 0.4) is 0 Å². The van der Waals surface area contributed by atoms with Crippen LogP contribution in [0.4, 0.5) is 0 Å². The highest BCUT2D eigenvalue weighted by atomic mass is 32.2. The highest BCUT2D eigenvalue weighted by Crippen LogP contribution is 2.26. The Morgan fingerprint density at radius 2 is 1.80 bits per heavy atom. The van der Waals surface area contributed by atoms with Gasteiger partial charge in [-0.25, -0.2) is 0 Å². The van der Waals surface area contributed by atoms with E-state index in [0.29, 0.717) is 6.42 Å². The molecule has 0 radical (unpaired) electrons. The Balaban J connectivity index is 5.47. The summed E-state index contributed by atoms with van der Waals surface area (Å²) in [6.07, 6.45) is 0.743. The average Bonchev–Trinajstić information content (AvgIpc) is 2.02. The van der Waals surface area contributed by atoms with Crippen molar-refractivity contribution in [1.82, 2.24) is 4.90 Å². The standard InChI is InChI=1S/C9H19NO4S/c1-5-7-8(11)9(6-2,10(3)4)15(12,13)14/h5-7H2,1-4H3,(H,12,13,14). The van der Waals surface area contributed by atoms with E-state index >= 15 is 0 Å². The molecule has 0 saturated heterocycles. The quantitative estimate of drug-likeness (QED) is 0.695. The fourth-order valence-electron chi connectivity index (χ4n) is 1.74. The van der Waals surface area contributed by atoms with E-state index in [-0.39, 0.29) is 12.8 Å². The number of carbonyl (C=O) groups is 1. The lowest BCUT2D eigenvalue weighted by Gasteiger charge is -2.34. The van der Waals surface area contributed by atoms with Crippen LogP contribution in [0.2, 0.25) is 0 Å². The molecule has 0 heterocycles. The molecule has 1 atom stereocenters. The van der Waals surface area contributed by atoms with E-state index in [1.165, 1.54) is 19.0 Å². The van der Waals surface area contributed by atoms with E-state index in [1.54, 1.807) is 13.8 Å². The maximum absolute atomic E-state index is 11.8. The predicted octanol–water partition coefficient (Wildman–Crippen LogP) is 0.911. The largest absolute Gasteiger partial charge is 0.296 e. The summed E-state index contributed by atoms with van der Waals surface area (Å²) in [5.41, 5.74) is 0. The Labute approximate surface area is 91.2 Å². The van der Waals surface area contributed by atoms with E-state index in [0.717, 1.165) is 0 Å². The first kappa shape index (κ1) is 14.5. The summed E-state index contributed by atoms with van der Waals surface area (Å²) in [6.45, 7) is 3.36. The smallest absolute Gasteiger partial charge is 0.291 e. The first-order valence-corrected chi connectivity index (χ1v) is 6.35. The van der Waals surface area contributed by atoms with Gasteiger partial charge in [0.25, 0.3) is 10.1 Å². The first-order chi connectivity index (χ1) is 6.74. The van der Waals surface area contributed by atoms with Gasteiger partial charge in [-0.1, -0.05) is 13.8 Å². The van der Waals surface area contributed by atoms with Crippen LogP contribution in [0.25, 0.3) is 0 Å². The predicted molar refractivity (Wildman–Crippen MR) is 58.2 cm³/mol. The minimum atomic E-state index is -4.42. The number of ketones is 1. The summed E-state index contributed by atoms with van der Waals surface area (Å²) >= 11 is 0. The first-order valence-electron chi connectivity index (χ1n) is 4.91. The zero-order valence-corrected chi connectivity index (χ0v) is 10.5. The van der Waals surface area contributed by atoms with Gasteiger partial charge in [0, 0.05) is 6.42 Å². The number of nitrogens with zero attached hydrogens (tertiary/aromatic N) is 1. The Morgan fingerprint density at radius 1 is 1.33 bits per heavy atom. The number of likely N-dealkylation sites (N-methyl/N-ethyl adjacent to an activating group) is 1. The molecule has 0 fully saturated rings. The van der Waals surface area contributed by atoms with Crippen molar-refractivity contribution in [3.8, 4) is 0 Å². The summed E-state index contributed by atoms with van der Waals surface area (Å²) in [5, 5.41) is 0. The van der Waals surface area contributed by atoms with Gasteiger partial charge in [-0.05, 0) is 26.9 Å². The number of Topliss-reactive ketones (excluding diaryl/α,β-unsaturated/α-hetero) is 1. The van der Waals surface area contributed by atoms with Crippen molar-refractivity contribution in [2.24, 2.45) is 0 Å². The number of rotatable bonds is 6. The molecule has 0 aliphatic carbocycles. The highest BCUT2D eigenvalue weighted by Gasteiger charge is 2.49. The van der Waals surface area contributed by atoms with E-state index in [4.69, 9.17) is 0 Å². The molecule has 15 heavy (non-hydrogen) atoms. The minimum Gasteiger partial charge on any atom is -0.296 e. The second-order valence-electron chi connectivity index (χ2n) is 3.68. The van der Waals surface area contributed by atoms with Gasteiger partial charge in [-0.15, -0.1) is 0 Å². The molecule has 90 valence electrons. The lowest BCUT2D eigenvalue weighted by molar-refractivity contribution is -0.125. The van der Waals surface area contributed by atoms with Crippen LogP contribution >= 0.6 is 0 Å². The van der Waals surface area contributed by atoms with E-state index in [1.807, 2.05) is 0 Å². The number of hydrogen-bond donors (Lipinski definition) is 1. The van der Waals surface area contributed by atoms with Crippen LogP contribution in [-0.4, -0.2) is 42.6 Å². The van der Waals surface area contributed by atoms with Crippen molar-refractivity contribution in [3.05, 3.63) is 0 Å². The van der Waals surface area contributed by atoms with Gasteiger partial charge >= 0.3 is 0 Å². The lowest BCUT2D eigenvalue weighted by atomic mass is 10.0. The molecule has 0 spiro atoms. The molecule has 1 unspecified atom stereocenters. The molecule has 0 aliphatic heterocycles. The Bertz CT molecular complexity index is 323. The maximum Gasteiger partial charge on any atom is 0.291 e. The molecule has 0 rings (SSSR count). The minimum absolute atomic E-state index is 0.0394. The second-order valence-corrected chi connectivity index (χ2v) is 5.31. The molecule has 0 amide bonds. The normalized spacial score (nSPS) is 16.4. The molecule has 5 nitrogen and oxygen atoms in total. The van der Waals surface area contributed by atoms with Crippen molar-refractivity contribution in [2.45, 2.75) is 38.0 Å². The molecule has 0 aromatic rings. The summed E-state index contributed by atoms with van der Waals surface area (Å²) in [6, 6.07) is 0. The zero-order valence-electron chi connectivity index (χ0n) is 9.65. The lowest BCUT2D eigenvalue weighted by Crippen LogP contribution is -2.56. The van der Waals surface area contributed by atoms with Crippen LogP contribution in [-0.2, 0) is 14.9 Å². The van der Waals surface area contributed by atoms with Gasteiger partial charge in [0.2, 0.25) is 4.87 Å². The van der Waals surface area contributed by atoms with Crippen LogP contribution in [0.1, 0.15) is 33.1 Å². The topological polar surface area (TPSA) is 74.7 Å². The monoisotopic (exact) mass is 237 g/mol. The SMILES string of the molecule is CCCC(=O)C(CC)(N(C)C)S(=O)(=O)O. The maximum atomic E-state index is 11.8. The molecule has 0 aromatic heterocycles. The van der Waals surface area contributed by atoms with Crippen molar-refractivity contribution in [2.75, 3.05) is 14.1 Å². The van der Waals surface area contributed by atoms with Crippen LogP contribution < -0.4 is 0 Å². The Hall–Kier alpha value is -0.460. The van der Waals surface area contributed by atoms with Crippen molar-refractivity contribution in [1.29, 1.82) is 0 Å². The summed E-state index contributed by atoms with van der Waals surface area (Å²) < 4.78 is 31.9. The third-order valence-corrected chi connectivity index (χ3v) is 4.28. The van der Waals surface area contributed by atoms with E-state index in [9.17, 15) is 17.8 Å². The summed E-state index contributed by atoms with van der Waals surface area (Å²) in [7, 11) is -1.47. The third-order valence-electron chi connectivity index (χ3n) is 2.54. The molecule has 0 aromatic carbocycles. The van der Waals surface area contributed by atoms with Crippen molar-refractivity contribution in [3.63, 3.8) is 0 Å². The Morgan fingerprint density at radius 3 is 2.00 bits per heavy atom. The van der Waals surface area contributed by atoms with Gasteiger partial charge in [-0.2, -0.15) is 8.42 Å². The Kier molecular flexibility index (Phi) is 4.89.